The summed E-state index contributed by atoms with van der Waals surface area (Å²) in [4.78, 5) is 4.16. The highest BCUT2D eigenvalue weighted by Gasteiger charge is 2.52. The highest BCUT2D eigenvalue weighted by atomic mass is 16.7. The van der Waals surface area contributed by atoms with Crippen LogP contribution in [0.1, 0.15) is 39.0 Å². The van der Waals surface area contributed by atoms with Crippen LogP contribution < -0.4 is 0 Å². The predicted molar refractivity (Wildman–Crippen MR) is 80.1 cm³/mol. The van der Waals surface area contributed by atoms with E-state index in [1.54, 1.807) is 6.20 Å². The number of aryl methyl sites for hydroxylation is 1. The van der Waals surface area contributed by atoms with E-state index in [0.29, 0.717) is 5.47 Å². The van der Waals surface area contributed by atoms with Crippen LogP contribution in [0.3, 0.4) is 0 Å². The van der Waals surface area contributed by atoms with Gasteiger partial charge in [-0.3, -0.25) is 4.98 Å². The molecule has 1 N–H and O–H groups in total. The van der Waals surface area contributed by atoms with Crippen molar-refractivity contribution >= 4 is 13.2 Å². The summed E-state index contributed by atoms with van der Waals surface area (Å²) in [5, 5.41) is 9.61. The van der Waals surface area contributed by atoms with E-state index < -0.39 is 18.3 Å². The molecule has 1 aromatic rings. The lowest BCUT2D eigenvalue weighted by Gasteiger charge is -2.32. The van der Waals surface area contributed by atoms with Gasteiger partial charge in [-0.05, 0) is 57.8 Å². The molecule has 1 saturated heterocycles. The molecule has 0 saturated carbocycles. The Hall–Kier alpha value is -1.17. The quantitative estimate of drug-likeness (QED) is 0.860. The van der Waals surface area contributed by atoms with Gasteiger partial charge in [0, 0.05) is 11.9 Å². The third kappa shape index (κ3) is 2.95. The highest BCUT2D eigenvalue weighted by Crippen LogP contribution is 2.38. The average molecular weight is 275 g/mol. The van der Waals surface area contributed by atoms with Crippen LogP contribution in [0, 0.1) is 6.92 Å². The van der Waals surface area contributed by atoms with Gasteiger partial charge in [-0.1, -0.05) is 6.08 Å². The van der Waals surface area contributed by atoms with Gasteiger partial charge in [-0.2, -0.15) is 0 Å². The minimum Gasteiger partial charge on any atom is -0.400 e. The average Bonchev–Trinajstić information content (AvgIpc) is 2.55. The zero-order valence-corrected chi connectivity index (χ0v) is 12.8. The minimum absolute atomic E-state index is 0.0990. The lowest BCUT2D eigenvalue weighted by Crippen LogP contribution is -2.41. The van der Waals surface area contributed by atoms with E-state index in [9.17, 15) is 5.11 Å². The highest BCUT2D eigenvalue weighted by molar-refractivity contribution is 6.55. The molecule has 1 aliphatic rings. The van der Waals surface area contributed by atoms with Crippen molar-refractivity contribution in [2.24, 2.45) is 0 Å². The molecule has 1 aliphatic heterocycles. The Morgan fingerprint density at radius 2 is 1.90 bits per heavy atom. The van der Waals surface area contributed by atoms with Crippen LogP contribution in [-0.2, 0) is 9.31 Å². The molecule has 0 unspecified atom stereocenters. The molecule has 0 aromatic carbocycles. The number of nitrogens with zero attached hydrogens (tertiary/aromatic N) is 1. The third-order valence-corrected chi connectivity index (χ3v) is 4.01. The Morgan fingerprint density at radius 1 is 1.30 bits per heavy atom. The molecule has 4 nitrogen and oxygen atoms in total. The van der Waals surface area contributed by atoms with E-state index in [1.807, 2.05) is 52.8 Å². The topological polar surface area (TPSA) is 51.6 Å². The van der Waals surface area contributed by atoms with Gasteiger partial charge in [0.25, 0.3) is 0 Å². The van der Waals surface area contributed by atoms with Gasteiger partial charge in [0.2, 0.25) is 0 Å². The summed E-state index contributed by atoms with van der Waals surface area (Å²) in [6.07, 6.45) is 3.65. The smallest absolute Gasteiger partial charge is 0.400 e. The molecule has 0 atom stereocenters. The summed E-state index contributed by atoms with van der Waals surface area (Å²) in [6.45, 7) is 9.83. The lowest BCUT2D eigenvalue weighted by atomic mass is 9.77. The largest absolute Gasteiger partial charge is 0.492 e. The molecule has 2 rings (SSSR count). The first-order valence-electron chi connectivity index (χ1n) is 6.85. The maximum atomic E-state index is 9.61. The van der Waals surface area contributed by atoms with Crippen LogP contribution in [-0.4, -0.2) is 35.0 Å². The fourth-order valence-corrected chi connectivity index (χ4v) is 2.05. The molecule has 108 valence electrons. The summed E-state index contributed by atoms with van der Waals surface area (Å²) >= 11 is 0. The van der Waals surface area contributed by atoms with Gasteiger partial charge in [0.15, 0.2) is 0 Å². The van der Waals surface area contributed by atoms with Crippen LogP contribution in [0.25, 0.3) is 6.08 Å². The van der Waals surface area contributed by atoms with Crippen molar-refractivity contribution in [1.29, 1.82) is 0 Å². The first-order valence-corrected chi connectivity index (χ1v) is 6.85. The van der Waals surface area contributed by atoms with Crippen molar-refractivity contribution in [3.63, 3.8) is 0 Å². The van der Waals surface area contributed by atoms with Crippen LogP contribution >= 0.6 is 0 Å². The first kappa shape index (κ1) is 15.2. The summed E-state index contributed by atoms with van der Waals surface area (Å²) in [5.41, 5.74) is 1.83. The summed E-state index contributed by atoms with van der Waals surface area (Å²) in [6, 6.07) is 3.86. The maximum Gasteiger partial charge on any atom is 0.492 e. The predicted octanol–water partition coefficient (Wildman–Crippen LogP) is 2.40. The summed E-state index contributed by atoms with van der Waals surface area (Å²) in [7, 11) is -0.515. The van der Waals surface area contributed by atoms with Gasteiger partial charge >= 0.3 is 7.12 Å². The Morgan fingerprint density at radius 3 is 2.40 bits per heavy atom. The number of aliphatic hydroxyl groups is 1. The Bertz CT molecular complexity index is 510. The monoisotopic (exact) mass is 275 g/mol. The van der Waals surface area contributed by atoms with Crippen molar-refractivity contribution in [3.05, 3.63) is 35.1 Å². The van der Waals surface area contributed by atoms with Crippen molar-refractivity contribution in [2.45, 2.75) is 45.8 Å². The number of rotatable bonds is 3. The Balaban J connectivity index is 2.26. The molecule has 2 heterocycles. The number of aliphatic hydroxyl groups excluding tert-OH is 1. The van der Waals surface area contributed by atoms with Crippen LogP contribution in [0.2, 0.25) is 0 Å². The fraction of sp³-hybridized carbons (Fsp3) is 0.533. The van der Waals surface area contributed by atoms with E-state index in [4.69, 9.17) is 9.31 Å². The van der Waals surface area contributed by atoms with Crippen molar-refractivity contribution < 1.29 is 14.4 Å². The molecule has 0 aliphatic carbocycles. The minimum atomic E-state index is -0.515. The Kier molecular flexibility index (Phi) is 4.05. The zero-order valence-electron chi connectivity index (χ0n) is 12.8. The molecule has 0 radical (unpaired) electrons. The maximum absolute atomic E-state index is 9.61. The fourth-order valence-electron chi connectivity index (χ4n) is 2.05. The molecular formula is C15H22BNO3. The standard InChI is InChI=1S/C15H22BNO3/c1-11-8-12(6-7-17-11)9-13(10-18)16-19-14(2,3)15(4,5)20-16/h6-9,18H,10H2,1-5H3. The molecule has 5 heteroatoms. The Labute approximate surface area is 121 Å². The second-order valence-corrected chi connectivity index (χ2v) is 6.20. The van der Waals surface area contributed by atoms with E-state index in [-0.39, 0.29) is 6.61 Å². The van der Waals surface area contributed by atoms with Gasteiger partial charge in [-0.25, -0.2) is 0 Å². The van der Waals surface area contributed by atoms with Crippen LogP contribution in [0.5, 0.6) is 0 Å². The normalized spacial score (nSPS) is 21.3. The van der Waals surface area contributed by atoms with E-state index in [0.717, 1.165) is 11.3 Å². The molecule has 1 aromatic heterocycles. The van der Waals surface area contributed by atoms with E-state index in [1.165, 1.54) is 0 Å². The molecule has 0 bridgehead atoms. The van der Waals surface area contributed by atoms with Gasteiger partial charge in [0.1, 0.15) is 0 Å². The van der Waals surface area contributed by atoms with Crippen LogP contribution in [0.15, 0.2) is 23.8 Å². The lowest BCUT2D eigenvalue weighted by molar-refractivity contribution is 0.00578. The van der Waals surface area contributed by atoms with Gasteiger partial charge in [0.05, 0.1) is 17.8 Å². The van der Waals surface area contributed by atoms with Gasteiger partial charge in [-0.15, -0.1) is 0 Å². The second kappa shape index (κ2) is 5.32. The third-order valence-electron chi connectivity index (χ3n) is 4.01. The first-order chi connectivity index (χ1) is 9.25. The number of pyridine rings is 1. The number of hydrogen-bond acceptors (Lipinski definition) is 4. The van der Waals surface area contributed by atoms with E-state index >= 15 is 0 Å². The molecule has 0 amide bonds. The number of hydrogen-bond donors (Lipinski definition) is 1. The van der Waals surface area contributed by atoms with Crippen molar-refractivity contribution in [3.8, 4) is 0 Å². The van der Waals surface area contributed by atoms with E-state index in [2.05, 4.69) is 4.98 Å². The van der Waals surface area contributed by atoms with Crippen molar-refractivity contribution in [1.82, 2.24) is 4.98 Å². The summed E-state index contributed by atoms with van der Waals surface area (Å²) < 4.78 is 11.9. The molecule has 0 spiro atoms. The van der Waals surface area contributed by atoms with Gasteiger partial charge < -0.3 is 14.4 Å². The second-order valence-electron chi connectivity index (χ2n) is 6.20. The SMILES string of the molecule is Cc1cc(C=C(CO)B2OC(C)(C)C(C)(C)O2)ccn1. The number of aromatic nitrogens is 1. The molecular weight excluding hydrogens is 253 g/mol. The molecule has 20 heavy (non-hydrogen) atoms. The zero-order chi connectivity index (χ0) is 15.0. The summed E-state index contributed by atoms with van der Waals surface area (Å²) in [5.74, 6) is 0. The molecule has 1 fully saturated rings. The van der Waals surface area contributed by atoms with Crippen molar-refractivity contribution in [2.75, 3.05) is 6.61 Å². The van der Waals surface area contributed by atoms with Crippen LogP contribution in [0.4, 0.5) is 0 Å².